The van der Waals surface area contributed by atoms with Crippen molar-refractivity contribution in [2.24, 2.45) is 0 Å². The smallest absolute Gasteiger partial charge is 0.411 e. The third-order valence-electron chi connectivity index (χ3n) is 5.58. The molecule has 0 bridgehead atoms. The molecule has 35 heavy (non-hydrogen) atoms. The van der Waals surface area contributed by atoms with E-state index in [1.54, 1.807) is 20.8 Å². The van der Waals surface area contributed by atoms with Gasteiger partial charge in [0.25, 0.3) is 5.91 Å². The molecule has 0 saturated carbocycles. The molecule has 1 aliphatic heterocycles. The number of ether oxygens (including phenoxy) is 1. The summed E-state index contributed by atoms with van der Waals surface area (Å²) in [6.45, 7) is 8.25. The maximum absolute atomic E-state index is 14.8. The van der Waals surface area contributed by atoms with E-state index in [0.717, 1.165) is 12.3 Å². The summed E-state index contributed by atoms with van der Waals surface area (Å²) in [6.07, 6.45) is 0.693. The largest absolute Gasteiger partial charge is 0.444 e. The molecular weight excluding hydrogens is 475 g/mol. The van der Waals surface area contributed by atoms with E-state index in [1.807, 2.05) is 0 Å². The number of carbonyl (C=O) groups excluding carboxylic acids is 2. The molecule has 0 fully saturated rings. The molecule has 2 N–H and O–H groups in total. The van der Waals surface area contributed by atoms with E-state index in [9.17, 15) is 27.5 Å². The molecule has 2 amide bonds. The molecule has 0 spiro atoms. The van der Waals surface area contributed by atoms with Gasteiger partial charge in [0.05, 0.1) is 16.2 Å². The van der Waals surface area contributed by atoms with Crippen molar-refractivity contribution in [1.82, 2.24) is 4.90 Å². The third kappa shape index (κ3) is 6.18. The molecule has 8 nitrogen and oxygen atoms in total. The summed E-state index contributed by atoms with van der Waals surface area (Å²) in [5, 5.41) is 12.6. The van der Waals surface area contributed by atoms with E-state index in [0.29, 0.717) is 23.1 Å². The number of rotatable bonds is 4. The predicted octanol–water partition coefficient (Wildman–Crippen LogP) is 3.93. The van der Waals surface area contributed by atoms with Crippen molar-refractivity contribution in [3.05, 3.63) is 58.9 Å². The van der Waals surface area contributed by atoms with E-state index in [4.69, 9.17) is 4.74 Å². The van der Waals surface area contributed by atoms with Gasteiger partial charge >= 0.3 is 6.09 Å². The van der Waals surface area contributed by atoms with Crippen LogP contribution in [0.25, 0.3) is 0 Å². The van der Waals surface area contributed by atoms with Crippen LogP contribution in [0.4, 0.5) is 14.9 Å². The first-order valence-corrected chi connectivity index (χ1v) is 13.0. The van der Waals surface area contributed by atoms with Crippen LogP contribution in [0.2, 0.25) is 0 Å². The lowest BCUT2D eigenvalue weighted by atomic mass is 9.92. The zero-order valence-electron chi connectivity index (χ0n) is 20.7. The van der Waals surface area contributed by atoms with Gasteiger partial charge in [0.1, 0.15) is 17.5 Å². The highest BCUT2D eigenvalue weighted by Gasteiger charge is 2.39. The Morgan fingerprint density at radius 2 is 1.77 bits per heavy atom. The summed E-state index contributed by atoms with van der Waals surface area (Å²) in [5.41, 5.74) is -0.827. The Morgan fingerprint density at radius 3 is 2.31 bits per heavy atom. The monoisotopic (exact) mass is 506 g/mol. The van der Waals surface area contributed by atoms with Crippen molar-refractivity contribution in [3.63, 3.8) is 0 Å². The van der Waals surface area contributed by atoms with Crippen LogP contribution in [0.15, 0.2) is 41.3 Å². The fourth-order valence-electron chi connectivity index (χ4n) is 3.83. The number of hydrogen-bond donors (Lipinski definition) is 2. The van der Waals surface area contributed by atoms with Gasteiger partial charge in [-0.25, -0.2) is 17.6 Å². The Balaban J connectivity index is 2.01. The van der Waals surface area contributed by atoms with Gasteiger partial charge in [-0.15, -0.1) is 0 Å². The predicted molar refractivity (Wildman–Crippen MR) is 129 cm³/mol. The van der Waals surface area contributed by atoms with E-state index in [-0.39, 0.29) is 17.1 Å². The van der Waals surface area contributed by atoms with E-state index in [1.165, 1.54) is 49.1 Å². The van der Waals surface area contributed by atoms with Gasteiger partial charge in [0, 0.05) is 12.8 Å². The zero-order chi connectivity index (χ0) is 26.3. The molecule has 2 aromatic rings. The third-order valence-corrected chi connectivity index (χ3v) is 6.69. The summed E-state index contributed by atoms with van der Waals surface area (Å²) in [6, 6.07) is 7.18. The SMILES string of the molecule is CC(C)(C)OC(=O)N1CCc2cc(S(C)(=O)=O)ccc2C1C(=O)Nc1ccc(C(C)(C)O)cc1F. The maximum Gasteiger partial charge on any atom is 0.411 e. The molecule has 1 heterocycles. The molecule has 0 radical (unpaired) electrons. The summed E-state index contributed by atoms with van der Waals surface area (Å²) in [5.74, 6) is -1.43. The molecular formula is C25H31FN2O6S. The highest BCUT2D eigenvalue weighted by atomic mass is 32.2. The summed E-state index contributed by atoms with van der Waals surface area (Å²) in [7, 11) is -3.47. The summed E-state index contributed by atoms with van der Waals surface area (Å²) in [4.78, 5) is 27.8. The minimum atomic E-state index is -3.47. The van der Waals surface area contributed by atoms with E-state index < -0.39 is 44.9 Å². The zero-order valence-corrected chi connectivity index (χ0v) is 21.5. The highest BCUT2D eigenvalue weighted by molar-refractivity contribution is 7.90. The standard InChI is InChI=1S/C25H31FN2O6S/c1-24(2,3)34-23(30)28-12-11-15-13-17(35(6,32)33)8-9-18(15)21(28)22(29)27-20-10-7-16(14-19(20)26)25(4,5)31/h7-10,13-14,21,31H,11-12H2,1-6H3,(H,27,29). The van der Waals surface area contributed by atoms with Crippen LogP contribution in [-0.4, -0.2) is 48.8 Å². The first kappa shape index (κ1) is 26.6. The van der Waals surface area contributed by atoms with Crippen molar-refractivity contribution in [3.8, 4) is 0 Å². The number of sulfone groups is 1. The lowest BCUT2D eigenvalue weighted by Gasteiger charge is -2.37. The van der Waals surface area contributed by atoms with Crippen LogP contribution in [0.5, 0.6) is 0 Å². The highest BCUT2D eigenvalue weighted by Crippen LogP contribution is 2.34. The average molecular weight is 507 g/mol. The Bertz CT molecular complexity index is 1260. The molecule has 0 aromatic heterocycles. The van der Waals surface area contributed by atoms with E-state index in [2.05, 4.69) is 5.32 Å². The minimum Gasteiger partial charge on any atom is -0.444 e. The van der Waals surface area contributed by atoms with Crippen molar-refractivity contribution >= 4 is 27.5 Å². The van der Waals surface area contributed by atoms with Gasteiger partial charge in [-0.3, -0.25) is 9.69 Å². The van der Waals surface area contributed by atoms with Crippen LogP contribution in [0.3, 0.4) is 0 Å². The second-order valence-corrected chi connectivity index (χ2v) is 12.2. The number of halogens is 1. The second-order valence-electron chi connectivity index (χ2n) is 10.2. The number of amides is 2. The van der Waals surface area contributed by atoms with Gasteiger partial charge in [-0.05, 0) is 82.0 Å². The normalized spacial score (nSPS) is 16.5. The number of anilines is 1. The van der Waals surface area contributed by atoms with Crippen molar-refractivity contribution in [1.29, 1.82) is 0 Å². The topological polar surface area (TPSA) is 113 Å². The fourth-order valence-corrected chi connectivity index (χ4v) is 4.50. The molecule has 3 rings (SSSR count). The average Bonchev–Trinajstić information content (AvgIpc) is 2.71. The molecule has 190 valence electrons. The van der Waals surface area contributed by atoms with Crippen LogP contribution in [0.1, 0.15) is 57.4 Å². The second kappa shape index (κ2) is 9.23. The van der Waals surface area contributed by atoms with Gasteiger partial charge in [-0.2, -0.15) is 0 Å². The van der Waals surface area contributed by atoms with Crippen LogP contribution >= 0.6 is 0 Å². The lowest BCUT2D eigenvalue weighted by Crippen LogP contribution is -2.47. The fraction of sp³-hybridized carbons (Fsp3) is 0.440. The quantitative estimate of drug-likeness (QED) is 0.650. The van der Waals surface area contributed by atoms with Crippen molar-refractivity contribution < 1.29 is 32.2 Å². The van der Waals surface area contributed by atoms with Crippen LogP contribution < -0.4 is 5.32 Å². The van der Waals surface area contributed by atoms with Gasteiger partial charge in [0.2, 0.25) is 0 Å². The molecule has 0 aliphatic carbocycles. The molecule has 0 saturated heterocycles. The van der Waals surface area contributed by atoms with Crippen LogP contribution in [0, 0.1) is 5.82 Å². The van der Waals surface area contributed by atoms with Gasteiger partial charge in [-0.1, -0.05) is 12.1 Å². The van der Waals surface area contributed by atoms with Gasteiger partial charge < -0.3 is 15.2 Å². The molecule has 1 aliphatic rings. The van der Waals surface area contributed by atoms with Crippen LogP contribution in [-0.2, 0) is 31.4 Å². The number of fused-ring (bicyclic) bond motifs is 1. The molecule has 2 aromatic carbocycles. The Hall–Kier alpha value is -2.98. The number of benzene rings is 2. The Kier molecular flexibility index (Phi) is 7.02. The van der Waals surface area contributed by atoms with Crippen molar-refractivity contribution in [2.75, 3.05) is 18.1 Å². The summed E-state index contributed by atoms with van der Waals surface area (Å²) < 4.78 is 44.3. The van der Waals surface area contributed by atoms with E-state index >= 15 is 0 Å². The number of carbonyl (C=O) groups is 2. The Labute approximate surface area is 205 Å². The molecule has 1 atom stereocenters. The number of nitrogens with one attached hydrogen (secondary N) is 1. The first-order chi connectivity index (χ1) is 16.0. The minimum absolute atomic E-state index is 0.105. The maximum atomic E-state index is 14.8. The van der Waals surface area contributed by atoms with Gasteiger partial charge in [0.15, 0.2) is 9.84 Å². The number of aliphatic hydroxyl groups is 1. The Morgan fingerprint density at radius 1 is 1.11 bits per heavy atom. The number of hydrogen-bond acceptors (Lipinski definition) is 6. The first-order valence-electron chi connectivity index (χ1n) is 11.1. The molecule has 10 heteroatoms. The number of nitrogens with zero attached hydrogens (tertiary/aromatic N) is 1. The lowest BCUT2D eigenvalue weighted by molar-refractivity contribution is -0.122. The molecule has 1 unspecified atom stereocenters. The van der Waals surface area contributed by atoms with Crippen molar-refractivity contribution in [2.45, 2.75) is 63.2 Å². The summed E-state index contributed by atoms with van der Waals surface area (Å²) >= 11 is 0.